The number of pyridine rings is 1. The summed E-state index contributed by atoms with van der Waals surface area (Å²) >= 11 is 5.17. The van der Waals surface area contributed by atoms with Gasteiger partial charge >= 0.3 is 0 Å². The molecule has 2 heterocycles. The summed E-state index contributed by atoms with van der Waals surface area (Å²) in [5.41, 5.74) is 2.43. The first-order valence-electron chi connectivity index (χ1n) is 5.10. The number of hydrogen-bond acceptors (Lipinski definition) is 3. The molecule has 0 amide bonds. The molecule has 0 aliphatic heterocycles. The predicted octanol–water partition coefficient (Wildman–Crippen LogP) is 3.50. The van der Waals surface area contributed by atoms with Crippen molar-refractivity contribution in [2.24, 2.45) is 0 Å². The average Bonchev–Trinajstić information content (AvgIpc) is 2.68. The third-order valence-electron chi connectivity index (χ3n) is 2.35. The minimum absolute atomic E-state index is 0.810. The molecule has 2 rings (SSSR count). The highest BCUT2D eigenvalue weighted by Crippen LogP contribution is 2.15. The van der Waals surface area contributed by atoms with Crippen LogP contribution in [0, 0.1) is 6.92 Å². The van der Waals surface area contributed by atoms with Crippen LogP contribution in [0.3, 0.4) is 0 Å². The Morgan fingerprint density at radius 3 is 2.81 bits per heavy atom. The lowest BCUT2D eigenvalue weighted by Gasteiger charge is -2.03. The van der Waals surface area contributed by atoms with Crippen LogP contribution in [0.25, 0.3) is 0 Å². The fourth-order valence-electron chi connectivity index (χ4n) is 1.40. The van der Waals surface area contributed by atoms with Crippen LogP contribution in [0.1, 0.15) is 16.1 Å². The fourth-order valence-corrected chi connectivity index (χ4v) is 2.51. The molecule has 0 aromatic carbocycles. The van der Waals surface area contributed by atoms with Gasteiger partial charge in [-0.25, -0.2) is 0 Å². The molecule has 2 aromatic rings. The van der Waals surface area contributed by atoms with Crippen molar-refractivity contribution in [1.82, 2.24) is 10.3 Å². The van der Waals surface area contributed by atoms with Gasteiger partial charge in [0.25, 0.3) is 0 Å². The highest BCUT2D eigenvalue weighted by atomic mass is 79.9. The third-order valence-corrected chi connectivity index (χ3v) is 3.84. The zero-order valence-corrected chi connectivity index (χ0v) is 11.4. The van der Waals surface area contributed by atoms with E-state index in [2.05, 4.69) is 44.6 Å². The van der Waals surface area contributed by atoms with Crippen molar-refractivity contribution in [2.45, 2.75) is 20.0 Å². The van der Waals surface area contributed by atoms with Gasteiger partial charge in [0.05, 0.1) is 5.69 Å². The zero-order chi connectivity index (χ0) is 11.4. The van der Waals surface area contributed by atoms with Crippen LogP contribution in [0.5, 0.6) is 0 Å². The van der Waals surface area contributed by atoms with E-state index < -0.39 is 0 Å². The first-order chi connectivity index (χ1) is 7.75. The SMILES string of the molecule is Cc1ccsc1CNCc1ccc(Br)cn1. The minimum atomic E-state index is 0.810. The lowest BCUT2D eigenvalue weighted by atomic mass is 10.3. The molecule has 4 heteroatoms. The molecule has 0 saturated carbocycles. The number of hydrogen-bond donors (Lipinski definition) is 1. The molecule has 0 fully saturated rings. The minimum Gasteiger partial charge on any atom is -0.306 e. The first-order valence-corrected chi connectivity index (χ1v) is 6.77. The number of nitrogens with one attached hydrogen (secondary N) is 1. The molecule has 0 spiro atoms. The zero-order valence-electron chi connectivity index (χ0n) is 9.03. The Bertz CT molecular complexity index is 450. The summed E-state index contributed by atoms with van der Waals surface area (Å²) in [6, 6.07) is 6.19. The van der Waals surface area contributed by atoms with Gasteiger partial charge in [-0.15, -0.1) is 11.3 Å². The molecule has 2 nitrogen and oxygen atoms in total. The highest BCUT2D eigenvalue weighted by molar-refractivity contribution is 9.10. The topological polar surface area (TPSA) is 24.9 Å². The van der Waals surface area contributed by atoms with E-state index in [1.165, 1.54) is 10.4 Å². The molecular weight excluding hydrogens is 284 g/mol. The van der Waals surface area contributed by atoms with E-state index >= 15 is 0 Å². The number of aryl methyl sites for hydroxylation is 1. The van der Waals surface area contributed by atoms with Crippen LogP contribution in [0.2, 0.25) is 0 Å². The van der Waals surface area contributed by atoms with Crippen molar-refractivity contribution >= 4 is 27.3 Å². The fraction of sp³-hybridized carbons (Fsp3) is 0.250. The number of halogens is 1. The summed E-state index contributed by atoms with van der Waals surface area (Å²) in [5, 5.41) is 5.53. The molecule has 0 radical (unpaired) electrons. The summed E-state index contributed by atoms with van der Waals surface area (Å²) in [4.78, 5) is 5.71. The largest absolute Gasteiger partial charge is 0.306 e. The standard InChI is InChI=1S/C12H13BrN2S/c1-9-4-5-16-12(9)8-14-7-11-3-2-10(13)6-15-11/h2-6,14H,7-8H2,1H3. The molecule has 16 heavy (non-hydrogen) atoms. The van der Waals surface area contributed by atoms with E-state index in [9.17, 15) is 0 Å². The maximum Gasteiger partial charge on any atom is 0.0542 e. The van der Waals surface area contributed by atoms with Gasteiger partial charge in [-0.2, -0.15) is 0 Å². The molecule has 0 bridgehead atoms. The van der Waals surface area contributed by atoms with E-state index in [4.69, 9.17) is 0 Å². The Morgan fingerprint density at radius 1 is 1.31 bits per heavy atom. The molecule has 0 aliphatic rings. The van der Waals surface area contributed by atoms with Gasteiger partial charge in [0.1, 0.15) is 0 Å². The van der Waals surface area contributed by atoms with Gasteiger partial charge in [-0.3, -0.25) is 4.98 Å². The summed E-state index contributed by atoms with van der Waals surface area (Å²) in [5.74, 6) is 0. The van der Waals surface area contributed by atoms with Gasteiger partial charge in [0, 0.05) is 28.6 Å². The van der Waals surface area contributed by atoms with Crippen molar-refractivity contribution in [3.8, 4) is 0 Å². The highest BCUT2D eigenvalue weighted by Gasteiger charge is 1.99. The molecule has 0 atom stereocenters. The van der Waals surface area contributed by atoms with Gasteiger partial charge in [-0.1, -0.05) is 0 Å². The van der Waals surface area contributed by atoms with E-state index in [0.717, 1.165) is 23.3 Å². The quantitative estimate of drug-likeness (QED) is 0.934. The molecule has 1 N–H and O–H groups in total. The maximum atomic E-state index is 4.31. The van der Waals surface area contributed by atoms with Crippen molar-refractivity contribution < 1.29 is 0 Å². The molecule has 0 saturated heterocycles. The van der Waals surface area contributed by atoms with Crippen LogP contribution in [0.15, 0.2) is 34.2 Å². The molecule has 0 unspecified atom stereocenters. The Hall–Kier alpha value is -0.710. The van der Waals surface area contributed by atoms with Crippen LogP contribution in [0.4, 0.5) is 0 Å². The van der Waals surface area contributed by atoms with Gasteiger partial charge < -0.3 is 5.32 Å². The maximum absolute atomic E-state index is 4.31. The lowest BCUT2D eigenvalue weighted by Crippen LogP contribution is -2.13. The van der Waals surface area contributed by atoms with Crippen molar-refractivity contribution in [3.05, 3.63) is 50.4 Å². The Morgan fingerprint density at radius 2 is 2.19 bits per heavy atom. The van der Waals surface area contributed by atoms with Crippen LogP contribution >= 0.6 is 27.3 Å². The molecule has 2 aromatic heterocycles. The summed E-state index contributed by atoms with van der Waals surface area (Å²) in [7, 11) is 0. The first kappa shape index (κ1) is 11.8. The van der Waals surface area contributed by atoms with Crippen LogP contribution < -0.4 is 5.32 Å². The Labute approximate surface area is 108 Å². The van der Waals surface area contributed by atoms with Gasteiger partial charge in [0.15, 0.2) is 0 Å². The smallest absolute Gasteiger partial charge is 0.0542 e. The molecule has 0 aliphatic carbocycles. The number of aromatic nitrogens is 1. The normalized spacial score (nSPS) is 10.6. The van der Waals surface area contributed by atoms with Crippen molar-refractivity contribution in [3.63, 3.8) is 0 Å². The number of thiophene rings is 1. The molecule has 84 valence electrons. The second-order valence-corrected chi connectivity index (χ2v) is 5.51. The van der Waals surface area contributed by atoms with E-state index in [-0.39, 0.29) is 0 Å². The average molecular weight is 297 g/mol. The Kier molecular flexibility index (Phi) is 4.09. The second-order valence-electron chi connectivity index (χ2n) is 3.60. The Balaban J connectivity index is 1.84. The van der Waals surface area contributed by atoms with Crippen LogP contribution in [-0.4, -0.2) is 4.98 Å². The number of rotatable bonds is 4. The summed E-state index contributed by atoms with van der Waals surface area (Å²) in [6.45, 7) is 3.87. The predicted molar refractivity (Wildman–Crippen MR) is 71.5 cm³/mol. The second kappa shape index (κ2) is 5.57. The van der Waals surface area contributed by atoms with E-state index in [1.54, 1.807) is 11.3 Å². The van der Waals surface area contributed by atoms with Gasteiger partial charge in [-0.05, 0) is 52.0 Å². The third kappa shape index (κ3) is 3.14. The van der Waals surface area contributed by atoms with Crippen molar-refractivity contribution in [2.75, 3.05) is 0 Å². The lowest BCUT2D eigenvalue weighted by molar-refractivity contribution is 0.684. The van der Waals surface area contributed by atoms with Crippen LogP contribution in [-0.2, 0) is 13.1 Å². The summed E-state index contributed by atoms with van der Waals surface area (Å²) < 4.78 is 1.02. The number of nitrogens with zero attached hydrogens (tertiary/aromatic N) is 1. The van der Waals surface area contributed by atoms with Crippen molar-refractivity contribution in [1.29, 1.82) is 0 Å². The molecular formula is C12H13BrN2S. The summed E-state index contributed by atoms with van der Waals surface area (Å²) in [6.07, 6.45) is 1.83. The van der Waals surface area contributed by atoms with E-state index in [0.29, 0.717) is 0 Å². The van der Waals surface area contributed by atoms with Gasteiger partial charge in [0.2, 0.25) is 0 Å². The van der Waals surface area contributed by atoms with E-state index in [1.807, 2.05) is 18.3 Å². The monoisotopic (exact) mass is 296 g/mol.